The number of amides is 4. The van der Waals surface area contributed by atoms with Crippen molar-refractivity contribution in [3.63, 3.8) is 0 Å². The zero-order valence-electron chi connectivity index (χ0n) is 16.7. The van der Waals surface area contributed by atoms with Crippen LogP contribution in [-0.4, -0.2) is 29.9 Å². The lowest BCUT2D eigenvalue weighted by Crippen LogP contribution is -2.47. The first-order chi connectivity index (χ1) is 14.9. The Labute approximate surface area is 183 Å². The Bertz CT molecular complexity index is 1020. The summed E-state index contributed by atoms with van der Waals surface area (Å²) in [4.78, 5) is 38.6. The molecule has 0 radical (unpaired) electrons. The highest BCUT2D eigenvalue weighted by Crippen LogP contribution is 2.37. The highest BCUT2D eigenvalue weighted by molar-refractivity contribution is 6.30. The fraction of sp³-hybridized carbons (Fsp3) is 0.318. The van der Waals surface area contributed by atoms with Gasteiger partial charge in [-0.3, -0.25) is 9.59 Å². The zero-order valence-corrected chi connectivity index (χ0v) is 17.5. The number of carbonyl (C=O) groups is 3. The third-order valence-electron chi connectivity index (χ3n) is 5.48. The van der Waals surface area contributed by atoms with Crippen LogP contribution in [0, 0.1) is 5.82 Å². The van der Waals surface area contributed by atoms with Crippen molar-refractivity contribution in [2.75, 3.05) is 22.1 Å². The van der Waals surface area contributed by atoms with Gasteiger partial charge in [-0.05, 0) is 68.1 Å². The molecule has 31 heavy (non-hydrogen) atoms. The minimum atomic E-state index is -1.08. The number of piperidine rings is 1. The molecule has 7 nitrogen and oxygen atoms in total. The average molecular weight is 445 g/mol. The highest BCUT2D eigenvalue weighted by Gasteiger charge is 2.51. The number of halogens is 2. The molecule has 9 heteroatoms. The molecule has 1 aliphatic carbocycles. The van der Waals surface area contributed by atoms with E-state index in [1.54, 1.807) is 35.2 Å². The Morgan fingerprint density at radius 3 is 2.42 bits per heavy atom. The number of rotatable bonds is 5. The van der Waals surface area contributed by atoms with Gasteiger partial charge in [0.25, 0.3) is 0 Å². The van der Waals surface area contributed by atoms with Crippen LogP contribution in [0.2, 0.25) is 5.02 Å². The second kappa shape index (κ2) is 8.55. The van der Waals surface area contributed by atoms with Crippen LogP contribution in [0.5, 0.6) is 0 Å². The van der Waals surface area contributed by atoms with Crippen molar-refractivity contribution in [1.82, 2.24) is 5.32 Å². The number of nitrogens with zero attached hydrogens (tertiary/aromatic N) is 1. The van der Waals surface area contributed by atoms with Crippen LogP contribution in [0.3, 0.4) is 0 Å². The van der Waals surface area contributed by atoms with Crippen LogP contribution in [0.1, 0.15) is 32.1 Å². The predicted molar refractivity (Wildman–Crippen MR) is 117 cm³/mol. The van der Waals surface area contributed by atoms with E-state index in [1.807, 2.05) is 0 Å². The molecule has 0 spiro atoms. The summed E-state index contributed by atoms with van der Waals surface area (Å²) in [5.74, 6) is -1.15. The third kappa shape index (κ3) is 4.80. The third-order valence-corrected chi connectivity index (χ3v) is 5.73. The number of hydrogen-bond donors (Lipinski definition) is 3. The first-order valence-corrected chi connectivity index (χ1v) is 10.5. The van der Waals surface area contributed by atoms with Gasteiger partial charge in [-0.25, -0.2) is 9.18 Å². The number of urea groups is 1. The van der Waals surface area contributed by atoms with Gasteiger partial charge in [-0.1, -0.05) is 11.6 Å². The Morgan fingerprint density at radius 1 is 1.03 bits per heavy atom. The molecule has 1 aliphatic heterocycles. The number of benzene rings is 2. The first-order valence-electron chi connectivity index (χ1n) is 10.1. The Morgan fingerprint density at radius 2 is 1.77 bits per heavy atom. The SMILES string of the molecule is O=C(Nc1ccc(Cl)cc1)NC1(C(=O)Nc2ccc(N3CCCCC3=O)cc2F)CC1. The quantitative estimate of drug-likeness (QED) is 0.642. The van der Waals surface area contributed by atoms with Gasteiger partial charge in [0, 0.05) is 29.4 Å². The Balaban J connectivity index is 1.38. The van der Waals surface area contributed by atoms with Crippen LogP contribution >= 0.6 is 11.6 Å². The molecule has 162 valence electrons. The van der Waals surface area contributed by atoms with Crippen molar-refractivity contribution in [3.05, 3.63) is 53.3 Å². The smallest absolute Gasteiger partial charge is 0.320 e. The highest BCUT2D eigenvalue weighted by atomic mass is 35.5. The fourth-order valence-corrected chi connectivity index (χ4v) is 3.67. The van der Waals surface area contributed by atoms with Gasteiger partial charge in [-0.2, -0.15) is 0 Å². The summed E-state index contributed by atoms with van der Waals surface area (Å²) in [5.41, 5.74) is -0.0667. The van der Waals surface area contributed by atoms with E-state index in [-0.39, 0.29) is 11.6 Å². The number of hydrogen-bond acceptors (Lipinski definition) is 3. The number of nitrogens with one attached hydrogen (secondary N) is 3. The maximum atomic E-state index is 14.6. The van der Waals surface area contributed by atoms with Crippen LogP contribution in [0.25, 0.3) is 0 Å². The first kappa shape index (κ1) is 21.1. The Hall–Kier alpha value is -3.13. The van der Waals surface area contributed by atoms with E-state index in [2.05, 4.69) is 16.0 Å². The van der Waals surface area contributed by atoms with E-state index in [0.717, 1.165) is 12.8 Å². The second-order valence-electron chi connectivity index (χ2n) is 7.79. The maximum absolute atomic E-state index is 14.6. The summed E-state index contributed by atoms with van der Waals surface area (Å²) in [7, 11) is 0. The molecule has 1 heterocycles. The van der Waals surface area contributed by atoms with Gasteiger partial charge >= 0.3 is 6.03 Å². The van der Waals surface area contributed by atoms with Crippen molar-refractivity contribution in [1.29, 1.82) is 0 Å². The van der Waals surface area contributed by atoms with Crippen molar-refractivity contribution in [3.8, 4) is 0 Å². The molecule has 3 N–H and O–H groups in total. The molecule has 1 saturated carbocycles. The lowest BCUT2D eigenvalue weighted by Gasteiger charge is -2.27. The molecule has 4 amide bonds. The van der Waals surface area contributed by atoms with Gasteiger partial charge in [0.15, 0.2) is 0 Å². The molecular weight excluding hydrogens is 423 g/mol. The predicted octanol–water partition coefficient (Wildman–Crippen LogP) is 4.29. The summed E-state index contributed by atoms with van der Waals surface area (Å²) < 4.78 is 14.6. The van der Waals surface area contributed by atoms with E-state index in [0.29, 0.717) is 42.2 Å². The summed E-state index contributed by atoms with van der Waals surface area (Å²) in [6.45, 7) is 0.555. The zero-order chi connectivity index (χ0) is 22.0. The van der Waals surface area contributed by atoms with Gasteiger partial charge in [0.2, 0.25) is 11.8 Å². The molecule has 0 aromatic heterocycles. The molecule has 1 saturated heterocycles. The summed E-state index contributed by atoms with van der Waals surface area (Å²) in [6, 6.07) is 10.3. The topological polar surface area (TPSA) is 90.5 Å². The van der Waals surface area contributed by atoms with Crippen molar-refractivity contribution in [2.45, 2.75) is 37.6 Å². The molecule has 0 unspecified atom stereocenters. The van der Waals surface area contributed by atoms with Gasteiger partial charge in [0.1, 0.15) is 11.4 Å². The van der Waals surface area contributed by atoms with Crippen molar-refractivity contribution >= 4 is 46.5 Å². The number of anilines is 3. The molecular formula is C22H22ClFN4O3. The minimum absolute atomic E-state index is 0.00407. The van der Waals surface area contributed by atoms with Gasteiger partial charge in [-0.15, -0.1) is 0 Å². The summed E-state index contributed by atoms with van der Waals surface area (Å²) >= 11 is 5.83. The van der Waals surface area contributed by atoms with E-state index < -0.39 is 23.3 Å². The van der Waals surface area contributed by atoms with Crippen molar-refractivity contribution < 1.29 is 18.8 Å². The molecule has 4 rings (SSSR count). The lowest BCUT2D eigenvalue weighted by atomic mass is 10.1. The largest absolute Gasteiger partial charge is 0.323 e. The Kier molecular flexibility index (Phi) is 5.82. The molecule has 0 atom stereocenters. The molecule has 2 aromatic rings. The van der Waals surface area contributed by atoms with E-state index in [1.165, 1.54) is 12.1 Å². The normalized spacial score (nSPS) is 17.1. The summed E-state index contributed by atoms with van der Waals surface area (Å²) in [6.07, 6.45) is 3.07. The van der Waals surface area contributed by atoms with Gasteiger partial charge in [0.05, 0.1) is 5.69 Å². The molecule has 2 fully saturated rings. The van der Waals surface area contributed by atoms with E-state index >= 15 is 0 Å². The second-order valence-corrected chi connectivity index (χ2v) is 8.23. The average Bonchev–Trinajstić information content (AvgIpc) is 3.52. The fourth-order valence-electron chi connectivity index (χ4n) is 3.54. The molecule has 0 bridgehead atoms. The van der Waals surface area contributed by atoms with Gasteiger partial charge < -0.3 is 20.9 Å². The maximum Gasteiger partial charge on any atom is 0.320 e. The monoisotopic (exact) mass is 444 g/mol. The minimum Gasteiger partial charge on any atom is -0.323 e. The van der Waals surface area contributed by atoms with Crippen LogP contribution in [0.15, 0.2) is 42.5 Å². The van der Waals surface area contributed by atoms with E-state index in [9.17, 15) is 18.8 Å². The van der Waals surface area contributed by atoms with Crippen LogP contribution in [-0.2, 0) is 9.59 Å². The molecule has 2 aromatic carbocycles. The van der Waals surface area contributed by atoms with Crippen LogP contribution < -0.4 is 20.9 Å². The van der Waals surface area contributed by atoms with Crippen LogP contribution in [0.4, 0.5) is 26.2 Å². The summed E-state index contributed by atoms with van der Waals surface area (Å²) in [5, 5.41) is 8.41. The lowest BCUT2D eigenvalue weighted by molar-refractivity contribution is -0.120. The standard InChI is InChI=1S/C22H22ClFN4O3/c23-14-4-6-15(7-5-14)25-21(31)27-22(10-11-22)20(30)26-18-9-8-16(13-17(18)24)28-12-2-1-3-19(28)29/h4-9,13H,1-3,10-12H2,(H,26,30)(H2,25,27,31). The molecule has 2 aliphatic rings. The van der Waals surface area contributed by atoms with E-state index in [4.69, 9.17) is 11.6 Å². The van der Waals surface area contributed by atoms with Crippen molar-refractivity contribution in [2.24, 2.45) is 0 Å². The number of carbonyl (C=O) groups excluding carboxylic acids is 3.